The summed E-state index contributed by atoms with van der Waals surface area (Å²) < 4.78 is 6.41. The molecule has 2 aromatic rings. The van der Waals surface area contributed by atoms with E-state index in [4.69, 9.17) is 4.74 Å². The van der Waals surface area contributed by atoms with Gasteiger partial charge in [0.05, 0.1) is 23.8 Å². The first-order chi connectivity index (χ1) is 13.5. The third-order valence-corrected chi connectivity index (χ3v) is 6.31. The molecule has 1 aromatic heterocycles. The summed E-state index contributed by atoms with van der Waals surface area (Å²) in [5, 5.41) is 1.96. The predicted octanol–water partition coefficient (Wildman–Crippen LogP) is 3.31. The SMILES string of the molecule is O=C(CN1C(=O)c2ccc(Br)cc2C1=O)N(Cc1cccs1)CC1CCCO1. The first kappa shape index (κ1) is 19.3. The standard InChI is InChI=1S/C20H19BrN2O4S/c21-13-5-6-16-17(9-13)20(26)23(19(16)25)12-18(24)22(10-14-3-1-7-27-14)11-15-4-2-8-28-15/h2,4-6,8-9,14H,1,3,7,10-12H2. The summed E-state index contributed by atoms with van der Waals surface area (Å²) in [6.45, 7) is 1.36. The maximum Gasteiger partial charge on any atom is 0.262 e. The lowest BCUT2D eigenvalue weighted by Gasteiger charge is -2.26. The van der Waals surface area contributed by atoms with Crippen molar-refractivity contribution in [3.63, 3.8) is 0 Å². The van der Waals surface area contributed by atoms with Gasteiger partial charge in [-0.05, 0) is 42.5 Å². The predicted molar refractivity (Wildman–Crippen MR) is 108 cm³/mol. The number of benzene rings is 1. The molecular weight excluding hydrogens is 444 g/mol. The highest BCUT2D eigenvalue weighted by molar-refractivity contribution is 9.10. The molecule has 3 heterocycles. The summed E-state index contributed by atoms with van der Waals surface area (Å²) in [5.74, 6) is -1.10. The minimum Gasteiger partial charge on any atom is -0.376 e. The van der Waals surface area contributed by atoms with Gasteiger partial charge in [-0.2, -0.15) is 0 Å². The van der Waals surface area contributed by atoms with Crippen LogP contribution in [0.5, 0.6) is 0 Å². The Morgan fingerprint density at radius 2 is 2.07 bits per heavy atom. The Morgan fingerprint density at radius 3 is 2.79 bits per heavy atom. The Hall–Kier alpha value is -2.03. The van der Waals surface area contributed by atoms with Gasteiger partial charge in [-0.25, -0.2) is 0 Å². The van der Waals surface area contributed by atoms with E-state index in [-0.39, 0.29) is 18.6 Å². The van der Waals surface area contributed by atoms with Gasteiger partial charge in [-0.15, -0.1) is 11.3 Å². The van der Waals surface area contributed by atoms with Gasteiger partial charge < -0.3 is 9.64 Å². The fraction of sp³-hybridized carbons (Fsp3) is 0.350. The molecular formula is C20H19BrN2O4S. The summed E-state index contributed by atoms with van der Waals surface area (Å²) in [5.41, 5.74) is 0.668. The number of carbonyl (C=O) groups is 3. The van der Waals surface area contributed by atoms with Crippen LogP contribution in [0.3, 0.4) is 0 Å². The van der Waals surface area contributed by atoms with Crippen LogP contribution in [0.15, 0.2) is 40.2 Å². The van der Waals surface area contributed by atoms with E-state index >= 15 is 0 Å². The molecule has 1 unspecified atom stereocenters. The van der Waals surface area contributed by atoms with Gasteiger partial charge in [0.2, 0.25) is 5.91 Å². The molecule has 6 nitrogen and oxygen atoms in total. The lowest BCUT2D eigenvalue weighted by molar-refractivity contribution is -0.133. The molecule has 1 aromatic carbocycles. The van der Waals surface area contributed by atoms with Gasteiger partial charge in [0.25, 0.3) is 11.8 Å². The number of amides is 3. The summed E-state index contributed by atoms with van der Waals surface area (Å²) in [6, 6.07) is 8.86. The van der Waals surface area contributed by atoms with Gasteiger partial charge in [0.1, 0.15) is 6.54 Å². The molecule has 2 aliphatic heterocycles. The number of hydrogen-bond donors (Lipinski definition) is 0. The zero-order valence-electron chi connectivity index (χ0n) is 15.1. The molecule has 0 spiro atoms. The zero-order chi connectivity index (χ0) is 19.7. The second-order valence-corrected chi connectivity index (χ2v) is 8.82. The molecule has 0 bridgehead atoms. The topological polar surface area (TPSA) is 66.9 Å². The van der Waals surface area contributed by atoms with Crippen LogP contribution in [0, 0.1) is 0 Å². The number of hydrogen-bond acceptors (Lipinski definition) is 5. The van der Waals surface area contributed by atoms with E-state index in [2.05, 4.69) is 15.9 Å². The largest absolute Gasteiger partial charge is 0.376 e. The Balaban J connectivity index is 1.50. The quantitative estimate of drug-likeness (QED) is 0.617. The number of thiophene rings is 1. The van der Waals surface area contributed by atoms with E-state index in [1.165, 1.54) is 0 Å². The van der Waals surface area contributed by atoms with Crippen molar-refractivity contribution in [1.82, 2.24) is 9.80 Å². The third kappa shape index (κ3) is 3.90. The van der Waals surface area contributed by atoms with E-state index in [9.17, 15) is 14.4 Å². The minimum absolute atomic E-state index is 0.00189. The first-order valence-corrected chi connectivity index (χ1v) is 10.8. The molecule has 1 fully saturated rings. The van der Waals surface area contributed by atoms with Gasteiger partial charge in [-0.1, -0.05) is 22.0 Å². The molecule has 146 valence electrons. The highest BCUT2D eigenvalue weighted by Gasteiger charge is 2.37. The molecule has 0 aliphatic carbocycles. The second kappa shape index (κ2) is 8.14. The van der Waals surface area contributed by atoms with Crippen molar-refractivity contribution in [3.8, 4) is 0 Å². The van der Waals surface area contributed by atoms with Crippen molar-refractivity contribution >= 4 is 45.0 Å². The molecule has 0 N–H and O–H groups in total. The van der Waals surface area contributed by atoms with Crippen LogP contribution in [0.1, 0.15) is 38.4 Å². The zero-order valence-corrected chi connectivity index (χ0v) is 17.5. The van der Waals surface area contributed by atoms with Crippen LogP contribution in [-0.4, -0.2) is 53.3 Å². The van der Waals surface area contributed by atoms with Crippen LogP contribution in [0.25, 0.3) is 0 Å². The van der Waals surface area contributed by atoms with Crippen molar-refractivity contribution in [1.29, 1.82) is 0 Å². The van der Waals surface area contributed by atoms with Crippen LogP contribution in [0.2, 0.25) is 0 Å². The molecule has 4 rings (SSSR count). The summed E-state index contributed by atoms with van der Waals surface area (Å²) >= 11 is 4.89. The summed E-state index contributed by atoms with van der Waals surface area (Å²) in [4.78, 5) is 42.1. The van der Waals surface area contributed by atoms with Crippen LogP contribution >= 0.6 is 27.3 Å². The highest BCUT2D eigenvalue weighted by Crippen LogP contribution is 2.26. The highest BCUT2D eigenvalue weighted by atomic mass is 79.9. The third-order valence-electron chi connectivity index (χ3n) is 4.95. The molecule has 28 heavy (non-hydrogen) atoms. The van der Waals surface area contributed by atoms with Crippen molar-refractivity contribution in [2.75, 3.05) is 19.7 Å². The number of imide groups is 1. The van der Waals surface area contributed by atoms with Crippen molar-refractivity contribution in [2.24, 2.45) is 0 Å². The molecule has 1 saturated heterocycles. The number of carbonyl (C=O) groups excluding carboxylic acids is 3. The van der Waals surface area contributed by atoms with Crippen molar-refractivity contribution in [3.05, 3.63) is 56.2 Å². The van der Waals surface area contributed by atoms with Crippen LogP contribution in [0.4, 0.5) is 0 Å². The van der Waals surface area contributed by atoms with E-state index in [0.29, 0.717) is 30.8 Å². The fourth-order valence-corrected chi connectivity index (χ4v) is 4.60. The normalized spacial score (nSPS) is 18.6. The molecule has 0 saturated carbocycles. The number of nitrogens with zero attached hydrogens (tertiary/aromatic N) is 2. The van der Waals surface area contributed by atoms with Gasteiger partial charge in [0.15, 0.2) is 0 Å². The molecule has 1 atom stereocenters. The number of fused-ring (bicyclic) bond motifs is 1. The maximum absolute atomic E-state index is 13.0. The van der Waals surface area contributed by atoms with Crippen LogP contribution in [-0.2, 0) is 16.1 Å². The van der Waals surface area contributed by atoms with Crippen molar-refractivity contribution < 1.29 is 19.1 Å². The van der Waals surface area contributed by atoms with E-state index in [1.54, 1.807) is 34.4 Å². The fourth-order valence-electron chi connectivity index (χ4n) is 3.52. The Morgan fingerprint density at radius 1 is 1.25 bits per heavy atom. The molecule has 8 heteroatoms. The lowest BCUT2D eigenvalue weighted by Crippen LogP contribution is -2.44. The maximum atomic E-state index is 13.0. The average molecular weight is 463 g/mol. The van der Waals surface area contributed by atoms with E-state index in [1.807, 2.05) is 17.5 Å². The summed E-state index contributed by atoms with van der Waals surface area (Å²) in [7, 11) is 0. The Bertz CT molecular complexity index is 909. The Kier molecular flexibility index (Phi) is 5.61. The average Bonchev–Trinajstić information content (AvgIpc) is 3.41. The molecule has 0 radical (unpaired) electrons. The second-order valence-electron chi connectivity index (χ2n) is 6.88. The summed E-state index contributed by atoms with van der Waals surface area (Å²) in [6.07, 6.45) is 1.90. The molecule has 2 aliphatic rings. The van der Waals surface area contributed by atoms with Crippen molar-refractivity contribution in [2.45, 2.75) is 25.5 Å². The van der Waals surface area contributed by atoms with Gasteiger partial charge >= 0.3 is 0 Å². The first-order valence-electron chi connectivity index (χ1n) is 9.10. The van der Waals surface area contributed by atoms with Crippen LogP contribution < -0.4 is 0 Å². The number of rotatable bonds is 6. The van der Waals surface area contributed by atoms with Gasteiger partial charge in [-0.3, -0.25) is 19.3 Å². The smallest absolute Gasteiger partial charge is 0.262 e. The molecule has 3 amide bonds. The monoisotopic (exact) mass is 462 g/mol. The minimum atomic E-state index is -0.428. The van der Waals surface area contributed by atoms with E-state index < -0.39 is 11.8 Å². The number of halogens is 1. The lowest BCUT2D eigenvalue weighted by atomic mass is 10.1. The Labute approximate surface area is 175 Å². The number of ether oxygens (including phenoxy) is 1. The van der Waals surface area contributed by atoms with E-state index in [0.717, 1.165) is 27.1 Å². The van der Waals surface area contributed by atoms with Gasteiger partial charge in [0, 0.05) is 22.5 Å².